The van der Waals surface area contributed by atoms with Gasteiger partial charge in [-0.15, -0.1) is 0 Å². The molecule has 128 valence electrons. The Balaban J connectivity index is 1.78. The SMILES string of the molecule is S=C(Nc1ccc(Br)cc1)N(Cc1ccco1)Cc1ccccc1Cl. The van der Waals surface area contributed by atoms with E-state index in [9.17, 15) is 0 Å². The largest absolute Gasteiger partial charge is 0.467 e. The lowest BCUT2D eigenvalue weighted by atomic mass is 10.2. The van der Waals surface area contributed by atoms with Gasteiger partial charge < -0.3 is 14.6 Å². The fraction of sp³-hybridized carbons (Fsp3) is 0.105. The average Bonchev–Trinajstić information content (AvgIpc) is 3.11. The van der Waals surface area contributed by atoms with Gasteiger partial charge in [-0.1, -0.05) is 45.7 Å². The van der Waals surface area contributed by atoms with Crippen molar-refractivity contribution in [3.05, 3.63) is 87.7 Å². The van der Waals surface area contributed by atoms with Crippen LogP contribution < -0.4 is 5.32 Å². The van der Waals surface area contributed by atoms with Gasteiger partial charge in [0.2, 0.25) is 0 Å². The van der Waals surface area contributed by atoms with Crippen molar-refractivity contribution in [2.24, 2.45) is 0 Å². The summed E-state index contributed by atoms with van der Waals surface area (Å²) in [5.41, 5.74) is 1.94. The zero-order valence-corrected chi connectivity index (χ0v) is 16.4. The number of hydrogen-bond acceptors (Lipinski definition) is 2. The molecule has 0 amide bonds. The summed E-state index contributed by atoms with van der Waals surface area (Å²) in [7, 11) is 0. The Bertz CT molecular complexity index is 837. The van der Waals surface area contributed by atoms with E-state index < -0.39 is 0 Å². The van der Waals surface area contributed by atoms with Crippen molar-refractivity contribution in [3.8, 4) is 0 Å². The summed E-state index contributed by atoms with van der Waals surface area (Å²) < 4.78 is 6.50. The highest BCUT2D eigenvalue weighted by atomic mass is 79.9. The maximum atomic E-state index is 6.31. The second-order valence-corrected chi connectivity index (χ2v) is 7.17. The fourth-order valence-electron chi connectivity index (χ4n) is 2.36. The van der Waals surface area contributed by atoms with Gasteiger partial charge in [0.1, 0.15) is 5.76 Å². The summed E-state index contributed by atoms with van der Waals surface area (Å²) >= 11 is 15.4. The number of nitrogens with zero attached hydrogens (tertiary/aromatic N) is 1. The van der Waals surface area contributed by atoms with E-state index in [2.05, 4.69) is 21.2 Å². The van der Waals surface area contributed by atoms with E-state index in [1.165, 1.54) is 0 Å². The van der Waals surface area contributed by atoms with Crippen LogP contribution in [0.3, 0.4) is 0 Å². The van der Waals surface area contributed by atoms with Crippen LogP contribution in [0.1, 0.15) is 11.3 Å². The Morgan fingerprint density at radius 3 is 2.48 bits per heavy atom. The zero-order chi connectivity index (χ0) is 17.6. The van der Waals surface area contributed by atoms with Crippen LogP contribution in [0.2, 0.25) is 5.02 Å². The van der Waals surface area contributed by atoms with Gasteiger partial charge in [-0.2, -0.15) is 0 Å². The van der Waals surface area contributed by atoms with Crippen LogP contribution >= 0.6 is 39.7 Å². The molecule has 0 saturated heterocycles. The Morgan fingerprint density at radius 2 is 1.80 bits per heavy atom. The number of hydrogen-bond donors (Lipinski definition) is 1. The number of nitrogens with one attached hydrogen (secondary N) is 1. The lowest BCUT2D eigenvalue weighted by Crippen LogP contribution is -2.33. The number of thiocarbonyl (C=S) groups is 1. The molecule has 1 N–H and O–H groups in total. The van der Waals surface area contributed by atoms with Gasteiger partial charge in [-0.05, 0) is 60.2 Å². The van der Waals surface area contributed by atoms with Crippen molar-refractivity contribution < 1.29 is 4.42 Å². The van der Waals surface area contributed by atoms with Gasteiger partial charge >= 0.3 is 0 Å². The second kappa shape index (κ2) is 8.52. The molecule has 0 atom stereocenters. The zero-order valence-electron chi connectivity index (χ0n) is 13.3. The summed E-state index contributed by atoms with van der Waals surface area (Å²) in [4.78, 5) is 2.03. The quantitative estimate of drug-likeness (QED) is 0.491. The minimum Gasteiger partial charge on any atom is -0.467 e. The molecule has 0 radical (unpaired) electrons. The van der Waals surface area contributed by atoms with E-state index in [1.54, 1.807) is 6.26 Å². The Morgan fingerprint density at radius 1 is 1.04 bits per heavy atom. The Hall–Kier alpha value is -1.82. The number of halogens is 2. The minimum absolute atomic E-state index is 0.556. The number of furan rings is 1. The molecule has 0 saturated carbocycles. The Labute approximate surface area is 165 Å². The summed E-state index contributed by atoms with van der Waals surface area (Å²) in [6, 6.07) is 19.4. The third-order valence-electron chi connectivity index (χ3n) is 3.63. The average molecular weight is 436 g/mol. The standard InChI is InChI=1S/C19H16BrClN2OS/c20-15-7-9-16(10-8-15)22-19(25)23(13-17-5-3-11-24-17)12-14-4-1-2-6-18(14)21/h1-11H,12-13H2,(H,22,25). The molecule has 3 rings (SSSR count). The molecule has 0 bridgehead atoms. The van der Waals surface area contributed by atoms with E-state index in [0.29, 0.717) is 18.2 Å². The fourth-order valence-corrected chi connectivity index (χ4v) is 3.06. The molecule has 25 heavy (non-hydrogen) atoms. The van der Waals surface area contributed by atoms with Crippen LogP contribution in [0.25, 0.3) is 0 Å². The molecule has 0 aliphatic carbocycles. The summed E-state index contributed by atoms with van der Waals surface area (Å²) in [6.07, 6.45) is 1.66. The van der Waals surface area contributed by atoms with Crippen LogP contribution in [0.5, 0.6) is 0 Å². The first kappa shape index (κ1) is 18.0. The third-order valence-corrected chi connectivity index (χ3v) is 4.89. The maximum absolute atomic E-state index is 6.31. The van der Waals surface area contributed by atoms with Crippen molar-refractivity contribution in [1.29, 1.82) is 0 Å². The highest BCUT2D eigenvalue weighted by molar-refractivity contribution is 9.10. The molecule has 0 spiro atoms. The van der Waals surface area contributed by atoms with E-state index in [4.69, 9.17) is 28.2 Å². The summed E-state index contributed by atoms with van der Waals surface area (Å²) in [6.45, 7) is 1.14. The first-order valence-corrected chi connectivity index (χ1v) is 9.27. The van der Waals surface area contributed by atoms with E-state index >= 15 is 0 Å². The highest BCUT2D eigenvalue weighted by Crippen LogP contribution is 2.20. The van der Waals surface area contributed by atoms with Gasteiger partial charge in [-0.25, -0.2) is 0 Å². The van der Waals surface area contributed by atoms with Crippen molar-refractivity contribution in [2.75, 3.05) is 5.32 Å². The molecule has 3 aromatic rings. The molecule has 0 unspecified atom stereocenters. The highest BCUT2D eigenvalue weighted by Gasteiger charge is 2.14. The predicted molar refractivity (Wildman–Crippen MR) is 110 cm³/mol. The van der Waals surface area contributed by atoms with Gasteiger partial charge in [-0.3, -0.25) is 0 Å². The molecule has 3 nitrogen and oxygen atoms in total. The van der Waals surface area contributed by atoms with Gasteiger partial charge in [0.25, 0.3) is 0 Å². The predicted octanol–water partition coefficient (Wildman–Crippen LogP) is 6.09. The minimum atomic E-state index is 0.556. The van der Waals surface area contributed by atoms with Gasteiger partial charge in [0, 0.05) is 21.7 Å². The monoisotopic (exact) mass is 434 g/mol. The first-order chi connectivity index (χ1) is 12.1. The van der Waals surface area contributed by atoms with Crippen LogP contribution in [0.4, 0.5) is 5.69 Å². The molecule has 1 aromatic heterocycles. The maximum Gasteiger partial charge on any atom is 0.174 e. The molecule has 0 fully saturated rings. The summed E-state index contributed by atoms with van der Waals surface area (Å²) in [5.74, 6) is 0.840. The van der Waals surface area contributed by atoms with Crippen molar-refractivity contribution in [3.63, 3.8) is 0 Å². The number of rotatable bonds is 5. The van der Waals surface area contributed by atoms with E-state index in [-0.39, 0.29) is 0 Å². The topological polar surface area (TPSA) is 28.4 Å². The normalized spacial score (nSPS) is 10.5. The van der Waals surface area contributed by atoms with Crippen molar-refractivity contribution in [1.82, 2.24) is 4.90 Å². The Kier molecular flexibility index (Phi) is 6.13. The molecule has 0 aliphatic heterocycles. The van der Waals surface area contributed by atoms with E-state index in [0.717, 1.165) is 26.5 Å². The first-order valence-electron chi connectivity index (χ1n) is 7.69. The lowest BCUT2D eigenvalue weighted by molar-refractivity contribution is 0.360. The van der Waals surface area contributed by atoms with Crippen molar-refractivity contribution >= 4 is 50.5 Å². The summed E-state index contributed by atoms with van der Waals surface area (Å²) in [5, 5.41) is 4.60. The molecular formula is C19H16BrClN2OS. The number of benzene rings is 2. The lowest BCUT2D eigenvalue weighted by Gasteiger charge is -2.25. The van der Waals surface area contributed by atoms with Crippen LogP contribution in [0, 0.1) is 0 Å². The smallest absolute Gasteiger partial charge is 0.174 e. The molecule has 6 heteroatoms. The second-order valence-electron chi connectivity index (χ2n) is 5.46. The molecular weight excluding hydrogens is 420 g/mol. The molecule has 1 heterocycles. The molecule has 0 aliphatic rings. The molecule has 2 aromatic carbocycles. The third kappa shape index (κ3) is 5.08. The van der Waals surface area contributed by atoms with Crippen LogP contribution in [0.15, 0.2) is 75.8 Å². The van der Waals surface area contributed by atoms with Crippen LogP contribution in [-0.2, 0) is 13.1 Å². The van der Waals surface area contributed by atoms with E-state index in [1.807, 2.05) is 65.6 Å². The number of anilines is 1. The van der Waals surface area contributed by atoms with Gasteiger partial charge in [0.15, 0.2) is 5.11 Å². The van der Waals surface area contributed by atoms with Crippen molar-refractivity contribution in [2.45, 2.75) is 13.1 Å². The van der Waals surface area contributed by atoms with Crippen LogP contribution in [-0.4, -0.2) is 10.0 Å². The van der Waals surface area contributed by atoms with Gasteiger partial charge in [0.05, 0.1) is 12.8 Å².